The largest absolute Gasteiger partial charge is 0.486 e. The van der Waals surface area contributed by atoms with Crippen LogP contribution in [0.25, 0.3) is 0 Å². The summed E-state index contributed by atoms with van der Waals surface area (Å²) in [4.78, 5) is 0. The van der Waals surface area contributed by atoms with E-state index in [2.05, 4.69) is 21.2 Å². The van der Waals surface area contributed by atoms with E-state index in [0.29, 0.717) is 30.9 Å². The van der Waals surface area contributed by atoms with Gasteiger partial charge in [-0.1, -0.05) is 15.9 Å². The smallest absolute Gasteiger partial charge is 0.197 e. The molecule has 0 bridgehead atoms. The monoisotopic (exact) mass is 289 g/mol. The number of halogens is 2. The highest BCUT2D eigenvalue weighted by molar-refractivity contribution is 9.10. The first-order chi connectivity index (χ1) is 7.74. The molecule has 0 atom stereocenters. The van der Waals surface area contributed by atoms with Gasteiger partial charge in [-0.2, -0.15) is 0 Å². The van der Waals surface area contributed by atoms with Crippen LogP contribution in [0.1, 0.15) is 5.56 Å². The van der Waals surface area contributed by atoms with Crippen LogP contribution in [0.4, 0.5) is 4.39 Å². The van der Waals surface area contributed by atoms with E-state index in [9.17, 15) is 4.39 Å². The summed E-state index contributed by atoms with van der Waals surface area (Å²) in [6.07, 6.45) is 0.611. The highest BCUT2D eigenvalue weighted by Gasteiger charge is 2.21. The molecule has 1 heterocycles. The zero-order chi connectivity index (χ0) is 11.5. The fourth-order valence-electron chi connectivity index (χ4n) is 1.63. The first kappa shape index (κ1) is 11.7. The Morgan fingerprint density at radius 1 is 1.44 bits per heavy atom. The lowest BCUT2D eigenvalue weighted by Crippen LogP contribution is -2.18. The molecule has 0 aliphatic carbocycles. The van der Waals surface area contributed by atoms with E-state index in [1.807, 2.05) is 7.05 Å². The molecule has 0 radical (unpaired) electrons. The van der Waals surface area contributed by atoms with Gasteiger partial charge in [-0.3, -0.25) is 0 Å². The SMILES string of the molecule is CNCCc1c(Br)cc2c(c1F)OCCO2. The predicted octanol–water partition coefficient (Wildman–Crippen LogP) is 2.12. The third-order valence-electron chi connectivity index (χ3n) is 2.45. The summed E-state index contributed by atoms with van der Waals surface area (Å²) in [7, 11) is 1.84. The van der Waals surface area contributed by atoms with Crippen molar-refractivity contribution in [2.75, 3.05) is 26.8 Å². The molecule has 16 heavy (non-hydrogen) atoms. The maximum absolute atomic E-state index is 14.1. The normalized spacial score (nSPS) is 13.9. The van der Waals surface area contributed by atoms with Gasteiger partial charge in [0.1, 0.15) is 13.2 Å². The van der Waals surface area contributed by atoms with E-state index in [-0.39, 0.29) is 11.6 Å². The van der Waals surface area contributed by atoms with Gasteiger partial charge >= 0.3 is 0 Å². The quantitative estimate of drug-likeness (QED) is 0.925. The Hall–Kier alpha value is -0.810. The molecule has 0 amide bonds. The molecule has 0 spiro atoms. The number of fused-ring (bicyclic) bond motifs is 1. The van der Waals surface area contributed by atoms with E-state index in [1.165, 1.54) is 0 Å². The number of benzene rings is 1. The molecule has 0 saturated carbocycles. The Morgan fingerprint density at radius 3 is 2.94 bits per heavy atom. The van der Waals surface area contributed by atoms with Crippen molar-refractivity contribution in [1.29, 1.82) is 0 Å². The van der Waals surface area contributed by atoms with Crippen molar-refractivity contribution in [3.63, 3.8) is 0 Å². The van der Waals surface area contributed by atoms with E-state index < -0.39 is 0 Å². The Bertz CT molecular complexity index is 398. The van der Waals surface area contributed by atoms with Gasteiger partial charge in [0.05, 0.1) is 0 Å². The third-order valence-corrected chi connectivity index (χ3v) is 3.15. The van der Waals surface area contributed by atoms with Crippen molar-refractivity contribution in [3.8, 4) is 11.5 Å². The van der Waals surface area contributed by atoms with Crippen LogP contribution in [0.5, 0.6) is 11.5 Å². The highest BCUT2D eigenvalue weighted by Crippen LogP contribution is 2.38. The van der Waals surface area contributed by atoms with Crippen LogP contribution in [0.2, 0.25) is 0 Å². The number of hydrogen-bond donors (Lipinski definition) is 1. The maximum Gasteiger partial charge on any atom is 0.197 e. The second-order valence-corrected chi connectivity index (χ2v) is 4.38. The summed E-state index contributed by atoms with van der Waals surface area (Å²) in [5, 5.41) is 2.99. The van der Waals surface area contributed by atoms with Crippen LogP contribution >= 0.6 is 15.9 Å². The van der Waals surface area contributed by atoms with Crippen molar-refractivity contribution in [1.82, 2.24) is 5.32 Å². The lowest BCUT2D eigenvalue weighted by Gasteiger charge is -2.21. The van der Waals surface area contributed by atoms with Crippen molar-refractivity contribution >= 4 is 15.9 Å². The van der Waals surface area contributed by atoms with Gasteiger partial charge in [-0.25, -0.2) is 4.39 Å². The van der Waals surface area contributed by atoms with Gasteiger partial charge in [0, 0.05) is 10.0 Å². The minimum atomic E-state index is -0.320. The Kier molecular flexibility index (Phi) is 3.66. The molecule has 0 fully saturated rings. The average Bonchev–Trinajstić information content (AvgIpc) is 2.29. The summed E-state index contributed by atoms with van der Waals surface area (Å²) in [5.74, 6) is 0.392. The van der Waals surface area contributed by atoms with Crippen LogP contribution < -0.4 is 14.8 Å². The summed E-state index contributed by atoms with van der Waals surface area (Å²) in [5.41, 5.74) is 0.624. The molecular formula is C11H13BrFNO2. The van der Waals surface area contributed by atoms with Crippen LogP contribution in [-0.2, 0) is 6.42 Å². The summed E-state index contributed by atoms with van der Waals surface area (Å²) in [6, 6.07) is 1.77. The summed E-state index contributed by atoms with van der Waals surface area (Å²) in [6.45, 7) is 1.58. The Balaban J connectivity index is 2.37. The molecule has 1 aliphatic rings. The predicted molar refractivity (Wildman–Crippen MR) is 62.7 cm³/mol. The summed E-state index contributed by atoms with van der Waals surface area (Å²) >= 11 is 3.35. The third kappa shape index (κ3) is 2.15. The topological polar surface area (TPSA) is 30.5 Å². The maximum atomic E-state index is 14.1. The molecule has 0 unspecified atom stereocenters. The molecule has 1 aromatic rings. The van der Waals surface area contributed by atoms with Crippen molar-refractivity contribution in [2.24, 2.45) is 0 Å². The van der Waals surface area contributed by atoms with Crippen molar-refractivity contribution in [3.05, 3.63) is 21.9 Å². The van der Waals surface area contributed by atoms with E-state index in [4.69, 9.17) is 9.47 Å². The molecule has 1 aromatic carbocycles. The Morgan fingerprint density at radius 2 is 2.19 bits per heavy atom. The zero-order valence-electron chi connectivity index (χ0n) is 8.98. The second-order valence-electron chi connectivity index (χ2n) is 3.53. The number of ether oxygens (including phenoxy) is 2. The van der Waals surface area contributed by atoms with Crippen molar-refractivity contribution in [2.45, 2.75) is 6.42 Å². The van der Waals surface area contributed by atoms with E-state index in [0.717, 1.165) is 11.0 Å². The van der Waals surface area contributed by atoms with Gasteiger partial charge in [0.25, 0.3) is 0 Å². The van der Waals surface area contributed by atoms with Gasteiger partial charge < -0.3 is 14.8 Å². The lowest BCUT2D eigenvalue weighted by atomic mass is 10.1. The van der Waals surface area contributed by atoms with Crippen LogP contribution in [-0.4, -0.2) is 26.8 Å². The molecular weight excluding hydrogens is 277 g/mol. The van der Waals surface area contributed by atoms with Gasteiger partial charge in [-0.15, -0.1) is 0 Å². The second kappa shape index (κ2) is 5.01. The number of likely N-dealkylation sites (N-methyl/N-ethyl adjacent to an activating group) is 1. The Labute approximate surface area is 102 Å². The summed E-state index contributed by atoms with van der Waals surface area (Å²) < 4.78 is 25.4. The van der Waals surface area contributed by atoms with Crippen LogP contribution in [0.15, 0.2) is 10.5 Å². The molecule has 2 rings (SSSR count). The number of rotatable bonds is 3. The van der Waals surface area contributed by atoms with Crippen LogP contribution in [0, 0.1) is 5.82 Å². The van der Waals surface area contributed by atoms with Gasteiger partial charge in [0.15, 0.2) is 17.3 Å². The molecule has 5 heteroatoms. The number of nitrogens with one attached hydrogen (secondary N) is 1. The minimum absolute atomic E-state index is 0.237. The van der Waals surface area contributed by atoms with Crippen molar-refractivity contribution < 1.29 is 13.9 Å². The first-order valence-corrected chi connectivity index (χ1v) is 5.94. The molecule has 3 nitrogen and oxygen atoms in total. The molecule has 1 N–H and O–H groups in total. The molecule has 88 valence electrons. The van der Waals surface area contributed by atoms with Crippen LogP contribution in [0.3, 0.4) is 0 Å². The molecule has 0 aromatic heterocycles. The molecule has 1 aliphatic heterocycles. The van der Waals surface area contributed by atoms with Gasteiger partial charge in [-0.05, 0) is 26.1 Å². The number of hydrogen-bond acceptors (Lipinski definition) is 3. The first-order valence-electron chi connectivity index (χ1n) is 5.15. The lowest BCUT2D eigenvalue weighted by molar-refractivity contribution is 0.163. The fraction of sp³-hybridized carbons (Fsp3) is 0.455. The molecule has 0 saturated heterocycles. The van der Waals surface area contributed by atoms with E-state index in [1.54, 1.807) is 6.07 Å². The van der Waals surface area contributed by atoms with Gasteiger partial charge in [0.2, 0.25) is 0 Å². The average molecular weight is 290 g/mol. The highest BCUT2D eigenvalue weighted by atomic mass is 79.9. The van der Waals surface area contributed by atoms with E-state index >= 15 is 0 Å². The minimum Gasteiger partial charge on any atom is -0.486 e. The fourth-order valence-corrected chi connectivity index (χ4v) is 2.21. The standard InChI is InChI=1S/C11H13BrFNO2/c1-14-3-2-7-8(12)6-9-11(10(7)13)16-5-4-15-9/h6,14H,2-5H2,1H3. The zero-order valence-corrected chi connectivity index (χ0v) is 10.6.